The predicted octanol–water partition coefficient (Wildman–Crippen LogP) is 25.7. The van der Waals surface area contributed by atoms with Crippen molar-refractivity contribution >= 4 is 152 Å². The van der Waals surface area contributed by atoms with Crippen LogP contribution in [0.5, 0.6) is 0 Å². The highest BCUT2D eigenvalue weighted by Crippen LogP contribution is 2.45. The number of halogens is 1. The molecule has 1 aliphatic heterocycles. The Kier molecular flexibility index (Phi) is 16.8. The van der Waals surface area contributed by atoms with Crippen LogP contribution in [0.4, 0.5) is 0 Å². The Hall–Kier alpha value is -12.2. The minimum absolute atomic E-state index is 0.196. The van der Waals surface area contributed by atoms with Gasteiger partial charge in [-0.15, -0.1) is 22.7 Å². The van der Waals surface area contributed by atoms with Crippen LogP contribution in [0.1, 0.15) is 27.7 Å². The molecule has 0 unspecified atom stereocenters. The number of aromatic nitrogens is 6. The summed E-state index contributed by atoms with van der Waals surface area (Å²) in [5.74, 6) is 3.14. The summed E-state index contributed by atoms with van der Waals surface area (Å²) in [6.45, 7) is 8.42. The van der Waals surface area contributed by atoms with Crippen LogP contribution >= 0.6 is 34.3 Å². The molecule has 0 N–H and O–H groups in total. The summed E-state index contributed by atoms with van der Waals surface area (Å²) in [6, 6.07) is 115. The van der Waals surface area contributed by atoms with Crippen molar-refractivity contribution in [3.05, 3.63) is 333 Å². The number of hydrogen-bond donors (Lipinski definition) is 0. The molecule has 1 aliphatic rings. The first-order valence-electron chi connectivity index (χ1n) is 36.2. The molecule has 4 aromatic heterocycles. The van der Waals surface area contributed by atoms with Gasteiger partial charge >= 0.3 is 7.12 Å². The summed E-state index contributed by atoms with van der Waals surface area (Å²) in [5.41, 5.74) is 9.98. The fraction of sp³-hybridized carbons (Fsp3) is 0.0625. The van der Waals surface area contributed by atoms with Crippen LogP contribution in [0.15, 0.2) is 328 Å². The molecule has 8 nitrogen and oxygen atoms in total. The Labute approximate surface area is 637 Å². The third-order valence-corrected chi connectivity index (χ3v) is 23.7. The van der Waals surface area contributed by atoms with E-state index in [1.807, 2.05) is 95.5 Å². The van der Waals surface area contributed by atoms with Crippen molar-refractivity contribution in [1.82, 2.24) is 29.9 Å². The Morgan fingerprint density at radius 2 is 0.583 bits per heavy atom. The zero-order valence-electron chi connectivity index (χ0n) is 59.4. The first-order valence-corrected chi connectivity index (χ1v) is 38.2. The maximum Gasteiger partial charge on any atom is 0.495 e. The van der Waals surface area contributed by atoms with E-state index in [0.29, 0.717) is 29.1 Å². The topological polar surface area (TPSA) is 95.8 Å². The smallest absolute Gasteiger partial charge is 0.399 e. The Morgan fingerprint density at radius 3 is 1.07 bits per heavy atom. The molecule has 0 spiro atoms. The second-order valence-corrected chi connectivity index (χ2v) is 30.9. The molecule has 0 atom stereocenters. The third kappa shape index (κ3) is 12.3. The normalized spacial score (nSPS) is 13.3. The van der Waals surface area contributed by atoms with Gasteiger partial charge in [-0.3, -0.25) is 0 Å². The van der Waals surface area contributed by atoms with E-state index in [0.717, 1.165) is 65.6 Å². The SMILES string of the molecule is CC1(C)OB(c2ccc(-c3ccc4sc5cc6ccccc6cc5c4c3)c3ccccc23)OC1(C)C.Clc1nc(-c2ccccc2)nc(-c2cccc3ccccc23)n1.c1ccc(-c2nc(-c3cccc4ccccc34)nc(-c3ccc(-c4ccc5sc6cc7ccccc7cc6c5c4)c4ccccc34)n2)cc1. The minimum Gasteiger partial charge on any atom is -0.399 e. The Bertz CT molecular complexity index is 6920. The number of benzene rings is 16. The van der Waals surface area contributed by atoms with Crippen LogP contribution in [0, 0.1) is 0 Å². The summed E-state index contributed by atoms with van der Waals surface area (Å²) < 4.78 is 18.1. The standard InChI is InChI=1S/C45H27N3S.C32H27BO2S.C19H12ClN3/c1-2-12-29(13-3-1)43-46-44(37-20-10-16-28-11-6-7-17-33(28)37)48-45(47-43)38-23-22-34(35-18-8-9-19-36(35)38)32-21-24-41-39(26-32)40-25-30-14-4-5-15-31(30)27-42(40)49-41;1-31(2)32(3,4)35-33(34-31)28-15-14-23(24-11-7-8-12-25(24)28)22-13-16-29-26(18-22)27-17-20-9-5-6-10-21(20)19-30(27)36-29;20-19-22-17(14-8-2-1-3-9-14)21-18(23-19)16-12-6-10-13-7-4-5-11-15(13)16/h1-27H;5-19H,1-4H3;1-12H. The van der Waals surface area contributed by atoms with Crippen LogP contribution in [0.2, 0.25) is 5.28 Å². The maximum absolute atomic E-state index is 6.41. The van der Waals surface area contributed by atoms with E-state index in [4.69, 9.17) is 35.9 Å². The molecule has 514 valence electrons. The lowest BCUT2D eigenvalue weighted by molar-refractivity contribution is 0.00578. The van der Waals surface area contributed by atoms with Crippen LogP contribution < -0.4 is 5.46 Å². The van der Waals surface area contributed by atoms with Crippen molar-refractivity contribution in [2.24, 2.45) is 0 Å². The number of hydrogen-bond acceptors (Lipinski definition) is 10. The van der Waals surface area contributed by atoms with Gasteiger partial charge in [-0.2, -0.15) is 9.97 Å². The number of nitrogens with zero attached hydrogens (tertiary/aromatic N) is 6. The Balaban J connectivity index is 0.000000118. The lowest BCUT2D eigenvalue weighted by atomic mass is 9.75. The van der Waals surface area contributed by atoms with Crippen molar-refractivity contribution in [1.29, 1.82) is 0 Å². The van der Waals surface area contributed by atoms with E-state index in [-0.39, 0.29) is 23.6 Å². The molecule has 0 radical (unpaired) electrons. The van der Waals surface area contributed by atoms with Gasteiger partial charge in [-0.1, -0.05) is 273 Å². The second-order valence-electron chi connectivity index (χ2n) is 28.4. The van der Waals surface area contributed by atoms with Crippen molar-refractivity contribution in [2.75, 3.05) is 0 Å². The van der Waals surface area contributed by atoms with Gasteiger partial charge in [0.25, 0.3) is 0 Å². The van der Waals surface area contributed by atoms with Crippen LogP contribution in [-0.4, -0.2) is 48.2 Å². The third-order valence-electron chi connectivity index (χ3n) is 21.3. The molecule has 1 saturated heterocycles. The van der Waals surface area contributed by atoms with Crippen LogP contribution in [0.3, 0.4) is 0 Å². The zero-order valence-corrected chi connectivity index (χ0v) is 61.8. The van der Waals surface area contributed by atoms with E-state index in [9.17, 15) is 0 Å². The first kappa shape index (κ1) is 66.5. The molecule has 12 heteroatoms. The van der Waals surface area contributed by atoms with E-state index < -0.39 is 0 Å². The average molecular weight is 1450 g/mol. The summed E-state index contributed by atoms with van der Waals surface area (Å²) >= 11 is 9.87. The number of thiophene rings is 2. The fourth-order valence-electron chi connectivity index (χ4n) is 15.1. The van der Waals surface area contributed by atoms with Gasteiger partial charge in [0.2, 0.25) is 5.28 Å². The van der Waals surface area contributed by atoms with Gasteiger partial charge in [0.05, 0.1) is 11.2 Å². The van der Waals surface area contributed by atoms with Gasteiger partial charge < -0.3 is 9.31 Å². The van der Waals surface area contributed by atoms with Gasteiger partial charge in [0, 0.05) is 68.2 Å². The van der Waals surface area contributed by atoms with E-state index >= 15 is 0 Å². The Morgan fingerprint density at radius 1 is 0.250 bits per heavy atom. The average Bonchev–Trinajstić information content (AvgIpc) is 1.50. The summed E-state index contributed by atoms with van der Waals surface area (Å²) in [4.78, 5) is 28.5. The summed E-state index contributed by atoms with van der Waals surface area (Å²) in [6.07, 6.45) is 0. The molecule has 0 saturated carbocycles. The van der Waals surface area contributed by atoms with E-state index in [1.54, 1.807) is 0 Å². The minimum atomic E-state index is -0.384. The molecule has 20 aromatic rings. The van der Waals surface area contributed by atoms with Crippen LogP contribution in [0.25, 0.3) is 184 Å². The molecule has 108 heavy (non-hydrogen) atoms. The molecule has 1 fully saturated rings. The van der Waals surface area contributed by atoms with Gasteiger partial charge in [-0.05, 0) is 186 Å². The molecule has 16 aromatic carbocycles. The van der Waals surface area contributed by atoms with Gasteiger partial charge in [0.15, 0.2) is 29.1 Å². The zero-order chi connectivity index (χ0) is 72.6. The quantitative estimate of drug-likeness (QED) is 0.139. The van der Waals surface area contributed by atoms with E-state index in [2.05, 4.69) is 297 Å². The van der Waals surface area contributed by atoms with Crippen LogP contribution in [-0.2, 0) is 9.31 Å². The lowest BCUT2D eigenvalue weighted by Gasteiger charge is -2.32. The first-order chi connectivity index (χ1) is 52.9. The number of fused-ring (bicyclic) bond motifs is 12. The second kappa shape index (κ2) is 27.3. The van der Waals surface area contributed by atoms with Gasteiger partial charge in [0.1, 0.15) is 0 Å². The number of rotatable bonds is 8. The molecule has 0 amide bonds. The molecule has 5 heterocycles. The van der Waals surface area contributed by atoms with Crippen molar-refractivity contribution < 1.29 is 9.31 Å². The summed E-state index contributed by atoms with van der Waals surface area (Å²) in [5, 5.41) is 19.7. The monoisotopic (exact) mass is 1440 g/mol. The van der Waals surface area contributed by atoms with E-state index in [1.165, 1.54) is 94.9 Å². The summed E-state index contributed by atoms with van der Waals surface area (Å²) in [7, 11) is -0.384. The molecular formula is C96H66BClN6O2S2. The maximum atomic E-state index is 6.41. The largest absolute Gasteiger partial charge is 0.495 e. The fourth-order valence-corrected chi connectivity index (χ4v) is 17.5. The molecule has 0 bridgehead atoms. The lowest BCUT2D eigenvalue weighted by Crippen LogP contribution is -2.41. The molecule has 21 rings (SSSR count). The van der Waals surface area contributed by atoms with Gasteiger partial charge in [-0.25, -0.2) is 19.9 Å². The molecular weight excluding hydrogens is 1380 g/mol. The van der Waals surface area contributed by atoms with Crippen molar-refractivity contribution in [3.8, 4) is 79.2 Å². The highest BCUT2D eigenvalue weighted by Gasteiger charge is 2.52. The van der Waals surface area contributed by atoms with Crippen molar-refractivity contribution in [3.63, 3.8) is 0 Å². The highest BCUT2D eigenvalue weighted by atomic mass is 35.5. The predicted molar refractivity (Wildman–Crippen MR) is 456 cm³/mol. The highest BCUT2D eigenvalue weighted by molar-refractivity contribution is 7.26. The van der Waals surface area contributed by atoms with Crippen molar-refractivity contribution in [2.45, 2.75) is 38.9 Å². The molecule has 0 aliphatic carbocycles.